The average molecular weight is 368 g/mol. The molecule has 6 heteroatoms. The van der Waals surface area contributed by atoms with Crippen LogP contribution in [0.1, 0.15) is 30.9 Å². The summed E-state index contributed by atoms with van der Waals surface area (Å²) in [5.41, 5.74) is -0.322. The summed E-state index contributed by atoms with van der Waals surface area (Å²) in [7, 11) is 0. The van der Waals surface area contributed by atoms with Crippen LogP contribution >= 0.6 is 0 Å². The highest BCUT2D eigenvalue weighted by molar-refractivity contribution is 5.38. The number of aliphatic hydroxyl groups is 1. The summed E-state index contributed by atoms with van der Waals surface area (Å²) < 4.78 is 52.0. The molecular weight excluding hydrogens is 345 g/mol. The zero-order chi connectivity index (χ0) is 19.0. The predicted octanol–water partition coefficient (Wildman–Crippen LogP) is 4.71. The summed E-state index contributed by atoms with van der Waals surface area (Å²) in [5, 5.41) is 9.47. The molecule has 142 valence electrons. The van der Waals surface area contributed by atoms with Gasteiger partial charge in [-0.25, -0.2) is 0 Å². The molecule has 1 atom stereocenters. The lowest BCUT2D eigenvalue weighted by molar-refractivity contribution is 0.0426. The molecule has 26 heavy (non-hydrogen) atoms. The predicted molar refractivity (Wildman–Crippen MR) is 93.8 cm³/mol. The normalized spacial score (nSPS) is 12.7. The van der Waals surface area contributed by atoms with Gasteiger partial charge in [0.05, 0.1) is 19.4 Å². The minimum Gasteiger partial charge on any atom is -0.494 e. The van der Waals surface area contributed by atoms with Crippen molar-refractivity contribution in [2.24, 2.45) is 0 Å². The van der Waals surface area contributed by atoms with Crippen molar-refractivity contribution in [3.05, 3.63) is 59.7 Å². The standard InChI is InChI=1S/C20H23F3O3/c1-2-17(24)14-26-19-10-6-16(7-11-19)20(22,23)15-4-8-18(9-5-15)25-13-3-12-21/h4-11,17,24H,2-3,12-14H2,1H3. The number of alkyl halides is 3. The van der Waals surface area contributed by atoms with Gasteiger partial charge in [-0.15, -0.1) is 0 Å². The number of hydrogen-bond donors (Lipinski definition) is 1. The number of hydrogen-bond acceptors (Lipinski definition) is 3. The van der Waals surface area contributed by atoms with E-state index in [1.807, 2.05) is 6.92 Å². The fraction of sp³-hybridized carbons (Fsp3) is 0.400. The van der Waals surface area contributed by atoms with Crippen LogP contribution in [0.15, 0.2) is 48.5 Å². The van der Waals surface area contributed by atoms with E-state index in [1.54, 1.807) is 0 Å². The van der Waals surface area contributed by atoms with E-state index in [9.17, 15) is 18.3 Å². The monoisotopic (exact) mass is 368 g/mol. The van der Waals surface area contributed by atoms with Crippen LogP contribution in [0.4, 0.5) is 13.2 Å². The molecule has 1 N–H and O–H groups in total. The molecule has 2 rings (SSSR count). The lowest BCUT2D eigenvalue weighted by Crippen LogP contribution is -2.17. The highest BCUT2D eigenvalue weighted by Gasteiger charge is 2.33. The average Bonchev–Trinajstić information content (AvgIpc) is 2.67. The Balaban J connectivity index is 2.04. The Morgan fingerprint density at radius 2 is 1.42 bits per heavy atom. The summed E-state index contributed by atoms with van der Waals surface area (Å²) >= 11 is 0. The number of aliphatic hydroxyl groups excluding tert-OH is 1. The van der Waals surface area contributed by atoms with E-state index in [0.29, 0.717) is 17.9 Å². The van der Waals surface area contributed by atoms with Crippen molar-refractivity contribution >= 4 is 0 Å². The van der Waals surface area contributed by atoms with Crippen LogP contribution in [0, 0.1) is 0 Å². The second-order valence-corrected chi connectivity index (χ2v) is 5.89. The highest BCUT2D eigenvalue weighted by atomic mass is 19.3. The maximum atomic E-state index is 14.7. The molecule has 2 aromatic carbocycles. The highest BCUT2D eigenvalue weighted by Crippen LogP contribution is 2.37. The Labute approximate surface area is 151 Å². The van der Waals surface area contributed by atoms with Crippen LogP contribution < -0.4 is 9.47 Å². The van der Waals surface area contributed by atoms with E-state index in [4.69, 9.17) is 9.47 Å². The molecule has 0 saturated carbocycles. The third-order valence-electron chi connectivity index (χ3n) is 3.89. The molecule has 0 saturated heterocycles. The van der Waals surface area contributed by atoms with Crippen molar-refractivity contribution in [2.75, 3.05) is 19.9 Å². The second-order valence-electron chi connectivity index (χ2n) is 5.89. The van der Waals surface area contributed by atoms with Gasteiger partial charge in [0, 0.05) is 17.5 Å². The molecule has 0 amide bonds. The smallest absolute Gasteiger partial charge is 0.298 e. The summed E-state index contributed by atoms with van der Waals surface area (Å²) in [6.45, 7) is 1.68. The van der Waals surface area contributed by atoms with Gasteiger partial charge in [-0.05, 0) is 55.0 Å². The lowest BCUT2D eigenvalue weighted by atomic mass is 10.0. The van der Waals surface area contributed by atoms with Gasteiger partial charge in [0.2, 0.25) is 0 Å². The molecule has 0 radical (unpaired) electrons. The van der Waals surface area contributed by atoms with E-state index in [0.717, 1.165) is 0 Å². The summed E-state index contributed by atoms with van der Waals surface area (Å²) in [4.78, 5) is 0. The maximum Gasteiger partial charge on any atom is 0.298 e. The van der Waals surface area contributed by atoms with Gasteiger partial charge in [0.25, 0.3) is 5.92 Å². The quantitative estimate of drug-likeness (QED) is 0.617. The molecule has 0 heterocycles. The first-order valence-electron chi connectivity index (χ1n) is 8.56. The Morgan fingerprint density at radius 1 is 0.923 bits per heavy atom. The molecule has 0 fully saturated rings. The Morgan fingerprint density at radius 3 is 1.88 bits per heavy atom. The third kappa shape index (κ3) is 5.39. The van der Waals surface area contributed by atoms with Gasteiger partial charge in [0.1, 0.15) is 18.1 Å². The van der Waals surface area contributed by atoms with Crippen LogP contribution in [0.3, 0.4) is 0 Å². The third-order valence-corrected chi connectivity index (χ3v) is 3.89. The molecule has 1 unspecified atom stereocenters. The zero-order valence-electron chi connectivity index (χ0n) is 14.6. The van der Waals surface area contributed by atoms with Crippen LogP contribution in [0.25, 0.3) is 0 Å². The lowest BCUT2D eigenvalue weighted by Gasteiger charge is -2.18. The van der Waals surface area contributed by atoms with Crippen molar-refractivity contribution in [3.63, 3.8) is 0 Å². The maximum absolute atomic E-state index is 14.7. The SMILES string of the molecule is CCC(O)COc1ccc(C(F)(F)c2ccc(OCCCF)cc2)cc1. The van der Waals surface area contributed by atoms with Crippen LogP contribution in [-0.4, -0.2) is 31.1 Å². The van der Waals surface area contributed by atoms with Gasteiger partial charge in [-0.2, -0.15) is 8.78 Å². The Hall–Kier alpha value is -2.21. The van der Waals surface area contributed by atoms with E-state index in [2.05, 4.69) is 0 Å². The minimum atomic E-state index is -3.17. The van der Waals surface area contributed by atoms with Crippen molar-refractivity contribution in [3.8, 4) is 11.5 Å². The zero-order valence-corrected chi connectivity index (χ0v) is 14.6. The van der Waals surface area contributed by atoms with Gasteiger partial charge >= 0.3 is 0 Å². The molecule has 2 aromatic rings. The van der Waals surface area contributed by atoms with Gasteiger partial charge in [0.15, 0.2) is 0 Å². The van der Waals surface area contributed by atoms with E-state index in [1.165, 1.54) is 48.5 Å². The minimum absolute atomic E-state index is 0.121. The molecule has 0 aliphatic heterocycles. The van der Waals surface area contributed by atoms with Crippen LogP contribution in [-0.2, 0) is 5.92 Å². The molecule has 0 spiro atoms. The van der Waals surface area contributed by atoms with Crippen molar-refractivity contribution in [1.82, 2.24) is 0 Å². The molecule has 0 bridgehead atoms. The number of rotatable bonds is 10. The molecule has 3 nitrogen and oxygen atoms in total. The van der Waals surface area contributed by atoms with E-state index in [-0.39, 0.29) is 30.8 Å². The van der Waals surface area contributed by atoms with Crippen LogP contribution in [0.2, 0.25) is 0 Å². The Kier molecular flexibility index (Phi) is 7.33. The number of benzene rings is 2. The Bertz CT molecular complexity index is 657. The largest absolute Gasteiger partial charge is 0.494 e. The van der Waals surface area contributed by atoms with Gasteiger partial charge in [-0.3, -0.25) is 4.39 Å². The molecule has 0 aromatic heterocycles. The fourth-order valence-corrected chi connectivity index (χ4v) is 2.24. The first-order valence-corrected chi connectivity index (χ1v) is 8.56. The fourth-order valence-electron chi connectivity index (χ4n) is 2.24. The molecule has 0 aliphatic rings. The van der Waals surface area contributed by atoms with Crippen molar-refractivity contribution in [1.29, 1.82) is 0 Å². The topological polar surface area (TPSA) is 38.7 Å². The first kappa shape index (κ1) is 20.1. The number of halogens is 3. The van der Waals surface area contributed by atoms with E-state index >= 15 is 0 Å². The van der Waals surface area contributed by atoms with E-state index < -0.39 is 18.7 Å². The second kappa shape index (κ2) is 9.48. The summed E-state index contributed by atoms with van der Waals surface area (Å²) in [6.07, 6.45) is 0.243. The molecule has 0 aliphatic carbocycles. The van der Waals surface area contributed by atoms with Crippen molar-refractivity contribution < 1.29 is 27.8 Å². The molecular formula is C20H23F3O3. The number of ether oxygens (including phenoxy) is 2. The summed E-state index contributed by atoms with van der Waals surface area (Å²) in [6, 6.07) is 11.0. The van der Waals surface area contributed by atoms with Gasteiger partial charge < -0.3 is 14.6 Å². The first-order chi connectivity index (χ1) is 12.5. The van der Waals surface area contributed by atoms with Gasteiger partial charge in [-0.1, -0.05) is 6.92 Å². The van der Waals surface area contributed by atoms with Crippen LogP contribution in [0.5, 0.6) is 11.5 Å². The summed E-state index contributed by atoms with van der Waals surface area (Å²) in [5.74, 6) is -2.32. The van der Waals surface area contributed by atoms with Crippen molar-refractivity contribution in [2.45, 2.75) is 31.8 Å².